The minimum Gasteiger partial charge on any atom is -0.482 e. The van der Waals surface area contributed by atoms with Crippen LogP contribution in [0.15, 0.2) is 18.2 Å². The van der Waals surface area contributed by atoms with Crippen LogP contribution in [0.1, 0.15) is 63.0 Å². The standard InChI is InChI=1S/C26H36F2O7/c1-2-3-4-7-18(29)9-10-19-20-11-16-6-5-8-22(33-15-25(30)31)21(16)12-17(20)13-23(19)35-26(32)34-14-24(27)28/h5-6,8,17-20,23-24,29H,2-4,7,9-15H2,1H3,(H,30,31)/t17-,18-,19+,20-,23+/m0/s1. The molecule has 0 aromatic heterocycles. The largest absolute Gasteiger partial charge is 0.508 e. The van der Waals surface area contributed by atoms with E-state index in [1.165, 1.54) is 0 Å². The van der Waals surface area contributed by atoms with Gasteiger partial charge in [-0.15, -0.1) is 0 Å². The molecule has 3 rings (SSSR count). The lowest BCUT2D eigenvalue weighted by molar-refractivity contribution is -0.139. The Morgan fingerprint density at radius 3 is 2.69 bits per heavy atom. The third-order valence-corrected chi connectivity index (χ3v) is 7.22. The number of carbonyl (C=O) groups is 2. The van der Waals surface area contributed by atoms with Crippen molar-refractivity contribution in [2.24, 2.45) is 17.8 Å². The minimum absolute atomic E-state index is 0.0309. The molecule has 2 aliphatic carbocycles. The van der Waals surface area contributed by atoms with Crippen LogP contribution < -0.4 is 4.74 Å². The molecule has 2 aliphatic rings. The molecule has 9 heteroatoms. The highest BCUT2D eigenvalue weighted by molar-refractivity contribution is 5.68. The van der Waals surface area contributed by atoms with Crippen LogP contribution in [-0.4, -0.2) is 54.2 Å². The fourth-order valence-electron chi connectivity index (χ4n) is 5.63. The molecule has 2 N–H and O–H groups in total. The van der Waals surface area contributed by atoms with Gasteiger partial charge in [-0.3, -0.25) is 0 Å². The van der Waals surface area contributed by atoms with Gasteiger partial charge in [0.15, 0.2) is 13.2 Å². The molecule has 0 saturated heterocycles. The Morgan fingerprint density at radius 1 is 1.17 bits per heavy atom. The van der Waals surface area contributed by atoms with Crippen LogP contribution in [0.5, 0.6) is 5.75 Å². The number of alkyl halides is 2. The molecule has 0 heterocycles. The molecule has 196 valence electrons. The Bertz CT molecular complexity index is 847. The summed E-state index contributed by atoms with van der Waals surface area (Å²) in [7, 11) is 0. The summed E-state index contributed by atoms with van der Waals surface area (Å²) >= 11 is 0. The molecule has 0 bridgehead atoms. The first kappa shape index (κ1) is 27.2. The molecule has 35 heavy (non-hydrogen) atoms. The van der Waals surface area contributed by atoms with Crippen molar-refractivity contribution in [1.29, 1.82) is 0 Å². The first-order valence-electron chi connectivity index (χ1n) is 12.5. The average Bonchev–Trinajstić information content (AvgIpc) is 3.14. The van der Waals surface area contributed by atoms with E-state index in [0.717, 1.165) is 36.8 Å². The molecule has 0 spiro atoms. The van der Waals surface area contributed by atoms with Gasteiger partial charge in [-0.2, -0.15) is 0 Å². The summed E-state index contributed by atoms with van der Waals surface area (Å²) in [6.45, 7) is 0.679. The van der Waals surface area contributed by atoms with Gasteiger partial charge in [0.2, 0.25) is 0 Å². The molecule has 1 aromatic carbocycles. The van der Waals surface area contributed by atoms with Crippen molar-refractivity contribution in [1.82, 2.24) is 0 Å². The molecule has 0 amide bonds. The van der Waals surface area contributed by atoms with E-state index in [1.807, 2.05) is 12.1 Å². The van der Waals surface area contributed by atoms with Crippen LogP contribution in [0.2, 0.25) is 0 Å². The molecule has 0 unspecified atom stereocenters. The number of carboxylic acid groups (broad SMARTS) is 1. The van der Waals surface area contributed by atoms with Gasteiger partial charge in [-0.1, -0.05) is 38.3 Å². The Hall–Kier alpha value is -2.42. The molecule has 0 radical (unpaired) electrons. The molecule has 0 aliphatic heterocycles. The zero-order valence-corrected chi connectivity index (χ0v) is 20.2. The molecule has 1 aromatic rings. The van der Waals surface area contributed by atoms with E-state index in [-0.39, 0.29) is 17.8 Å². The second-order valence-corrected chi connectivity index (χ2v) is 9.64. The molecular weight excluding hydrogens is 462 g/mol. The quantitative estimate of drug-likeness (QED) is 0.291. The zero-order valence-electron chi connectivity index (χ0n) is 20.2. The van der Waals surface area contributed by atoms with E-state index in [4.69, 9.17) is 14.6 Å². The highest BCUT2D eigenvalue weighted by Crippen LogP contribution is 2.49. The van der Waals surface area contributed by atoms with Crippen molar-refractivity contribution in [3.05, 3.63) is 29.3 Å². The molecule has 7 nitrogen and oxygen atoms in total. The van der Waals surface area contributed by atoms with Crippen LogP contribution in [0.25, 0.3) is 0 Å². The smallest absolute Gasteiger partial charge is 0.482 e. The van der Waals surface area contributed by atoms with E-state index >= 15 is 0 Å². The van der Waals surface area contributed by atoms with E-state index < -0.39 is 44.0 Å². The number of fused-ring (bicyclic) bond motifs is 2. The second-order valence-electron chi connectivity index (χ2n) is 9.64. The third kappa shape index (κ3) is 7.78. The van der Waals surface area contributed by atoms with Crippen molar-refractivity contribution in [3.63, 3.8) is 0 Å². The van der Waals surface area contributed by atoms with Crippen LogP contribution in [0, 0.1) is 17.8 Å². The topological polar surface area (TPSA) is 102 Å². The molecule has 1 fully saturated rings. The van der Waals surface area contributed by atoms with Crippen LogP contribution in [-0.2, 0) is 27.1 Å². The summed E-state index contributed by atoms with van der Waals surface area (Å²) in [4.78, 5) is 23.1. The van der Waals surface area contributed by atoms with Crippen LogP contribution in [0.4, 0.5) is 13.6 Å². The number of ether oxygens (including phenoxy) is 3. The first-order chi connectivity index (χ1) is 16.8. The maximum absolute atomic E-state index is 12.5. The zero-order chi connectivity index (χ0) is 25.4. The second kappa shape index (κ2) is 13.0. The lowest BCUT2D eigenvalue weighted by atomic mass is 9.73. The monoisotopic (exact) mass is 498 g/mol. The van der Waals surface area contributed by atoms with Gasteiger partial charge in [0.25, 0.3) is 6.43 Å². The number of unbranched alkanes of at least 4 members (excludes halogenated alkanes) is 2. The number of hydrogen-bond acceptors (Lipinski definition) is 6. The summed E-state index contributed by atoms with van der Waals surface area (Å²) in [6.07, 6.45) is 2.21. The Labute approximate surface area is 204 Å². The van der Waals surface area contributed by atoms with Crippen molar-refractivity contribution in [2.45, 2.75) is 83.3 Å². The number of halogens is 2. The number of hydrogen-bond donors (Lipinski definition) is 2. The molecule has 5 atom stereocenters. The van der Waals surface area contributed by atoms with E-state index in [2.05, 4.69) is 11.7 Å². The Balaban J connectivity index is 1.72. The number of rotatable bonds is 13. The van der Waals surface area contributed by atoms with E-state index in [0.29, 0.717) is 37.9 Å². The minimum atomic E-state index is -2.76. The van der Waals surface area contributed by atoms with Crippen molar-refractivity contribution < 1.29 is 42.8 Å². The van der Waals surface area contributed by atoms with Gasteiger partial charge in [0.1, 0.15) is 11.9 Å². The third-order valence-electron chi connectivity index (χ3n) is 7.22. The summed E-state index contributed by atoms with van der Waals surface area (Å²) in [5.41, 5.74) is 2.04. The van der Waals surface area contributed by atoms with Crippen molar-refractivity contribution in [2.75, 3.05) is 13.2 Å². The SMILES string of the molecule is CCCCC[C@H](O)CC[C@@H]1[C@H]2Cc3cccc(OCC(=O)O)c3C[C@H]2C[C@H]1OC(=O)OCC(F)F. The highest BCUT2D eigenvalue weighted by atomic mass is 19.3. The number of aliphatic carboxylic acids is 1. The molecule has 1 saturated carbocycles. The lowest BCUT2D eigenvalue weighted by Crippen LogP contribution is -2.30. The Kier molecular flexibility index (Phi) is 10.1. The number of aliphatic hydroxyl groups excluding tert-OH is 1. The van der Waals surface area contributed by atoms with Crippen LogP contribution in [0.3, 0.4) is 0 Å². The Morgan fingerprint density at radius 2 is 1.97 bits per heavy atom. The summed E-state index contributed by atoms with van der Waals surface area (Å²) in [5.74, 6) is -0.186. The van der Waals surface area contributed by atoms with Crippen LogP contribution >= 0.6 is 0 Å². The van der Waals surface area contributed by atoms with E-state index in [9.17, 15) is 23.5 Å². The molecular formula is C26H36F2O7. The fourth-order valence-corrected chi connectivity index (χ4v) is 5.63. The summed E-state index contributed by atoms with van der Waals surface area (Å²) < 4.78 is 40.5. The highest BCUT2D eigenvalue weighted by Gasteiger charge is 2.47. The van der Waals surface area contributed by atoms with Crippen molar-refractivity contribution in [3.8, 4) is 5.75 Å². The number of benzene rings is 1. The summed E-state index contributed by atoms with van der Waals surface area (Å²) in [5, 5.41) is 19.4. The van der Waals surface area contributed by atoms with Gasteiger partial charge in [0.05, 0.1) is 6.10 Å². The van der Waals surface area contributed by atoms with Gasteiger partial charge in [-0.25, -0.2) is 18.4 Å². The van der Waals surface area contributed by atoms with Crippen molar-refractivity contribution >= 4 is 12.1 Å². The lowest BCUT2D eigenvalue weighted by Gasteiger charge is -2.32. The summed E-state index contributed by atoms with van der Waals surface area (Å²) in [6, 6.07) is 5.60. The van der Waals surface area contributed by atoms with Gasteiger partial charge in [0, 0.05) is 0 Å². The predicted octanol–water partition coefficient (Wildman–Crippen LogP) is 5.01. The van der Waals surface area contributed by atoms with Gasteiger partial charge in [-0.05, 0) is 73.5 Å². The fraction of sp³-hybridized carbons (Fsp3) is 0.692. The maximum Gasteiger partial charge on any atom is 0.508 e. The number of carboxylic acids is 1. The maximum atomic E-state index is 12.5. The van der Waals surface area contributed by atoms with Gasteiger partial charge < -0.3 is 24.4 Å². The number of carbonyl (C=O) groups excluding carboxylic acids is 1. The van der Waals surface area contributed by atoms with E-state index in [1.54, 1.807) is 6.07 Å². The van der Waals surface area contributed by atoms with Gasteiger partial charge >= 0.3 is 12.1 Å². The normalized spacial score (nSPS) is 23.9. The average molecular weight is 499 g/mol. The predicted molar refractivity (Wildman–Crippen MR) is 124 cm³/mol. The number of aliphatic hydroxyl groups is 1. The first-order valence-corrected chi connectivity index (χ1v) is 12.5.